The molecule has 0 unspecified atom stereocenters. The number of furan rings is 1. The Bertz CT molecular complexity index is 651. The molecule has 2 aromatic rings. The molecule has 6 nitrogen and oxygen atoms in total. The van der Waals surface area contributed by atoms with Crippen LogP contribution in [-0.2, 0) is 0 Å². The molecule has 2 aromatic heterocycles. The Kier molecular flexibility index (Phi) is 3.66. The number of aromatic nitrogens is 1. The van der Waals surface area contributed by atoms with Gasteiger partial charge in [0, 0.05) is 10.7 Å². The van der Waals surface area contributed by atoms with Crippen molar-refractivity contribution in [2.45, 2.75) is 6.92 Å². The van der Waals surface area contributed by atoms with E-state index in [2.05, 4.69) is 26.2 Å². The molecule has 1 amide bonds. The minimum Gasteiger partial charge on any atom is -0.475 e. The molecule has 98 valence electrons. The van der Waals surface area contributed by atoms with Crippen molar-refractivity contribution in [3.05, 3.63) is 46.0 Å². The number of carbonyl (C=O) groups excluding carboxylic acids is 1. The van der Waals surface area contributed by atoms with Crippen molar-refractivity contribution < 1.29 is 19.1 Å². The highest BCUT2D eigenvalue weighted by atomic mass is 79.9. The largest absolute Gasteiger partial charge is 0.475 e. The first-order valence-corrected chi connectivity index (χ1v) is 6.03. The summed E-state index contributed by atoms with van der Waals surface area (Å²) in [5.74, 6) is -1.79. The highest BCUT2D eigenvalue weighted by Crippen LogP contribution is 2.18. The molecule has 0 aliphatic heterocycles. The Morgan fingerprint density at radius 3 is 2.63 bits per heavy atom. The van der Waals surface area contributed by atoms with Gasteiger partial charge in [0.2, 0.25) is 5.76 Å². The molecule has 0 saturated heterocycles. The summed E-state index contributed by atoms with van der Waals surface area (Å²) in [5, 5.41) is 11.2. The lowest BCUT2D eigenvalue weighted by atomic mass is 10.3. The summed E-state index contributed by atoms with van der Waals surface area (Å²) < 4.78 is 5.71. The summed E-state index contributed by atoms with van der Waals surface area (Å²) in [7, 11) is 0. The SMILES string of the molecule is Cc1cc(NC(=O)c2ccc(C(=O)O)o2)ncc1Br. The van der Waals surface area contributed by atoms with E-state index in [0.29, 0.717) is 5.82 Å². The van der Waals surface area contributed by atoms with Gasteiger partial charge in [0.1, 0.15) is 5.82 Å². The monoisotopic (exact) mass is 324 g/mol. The third-order valence-electron chi connectivity index (χ3n) is 2.33. The Labute approximate surface area is 116 Å². The van der Waals surface area contributed by atoms with Crippen molar-refractivity contribution in [1.82, 2.24) is 4.98 Å². The molecule has 2 N–H and O–H groups in total. The minimum absolute atomic E-state index is 0.0835. The number of rotatable bonds is 3. The van der Waals surface area contributed by atoms with E-state index < -0.39 is 11.9 Å². The number of carboxylic acids is 1. The van der Waals surface area contributed by atoms with Gasteiger partial charge in [-0.1, -0.05) is 0 Å². The van der Waals surface area contributed by atoms with Crippen LogP contribution in [0.2, 0.25) is 0 Å². The normalized spacial score (nSPS) is 10.2. The Balaban J connectivity index is 2.15. The molecule has 0 aliphatic carbocycles. The summed E-state index contributed by atoms with van der Waals surface area (Å²) in [6.45, 7) is 1.86. The van der Waals surface area contributed by atoms with Crippen LogP contribution < -0.4 is 5.32 Å². The maximum Gasteiger partial charge on any atom is 0.371 e. The van der Waals surface area contributed by atoms with Gasteiger partial charge in [-0.2, -0.15) is 0 Å². The maximum atomic E-state index is 11.8. The number of aromatic carboxylic acids is 1. The zero-order valence-corrected chi connectivity index (χ0v) is 11.4. The van der Waals surface area contributed by atoms with E-state index in [-0.39, 0.29) is 11.5 Å². The average Bonchev–Trinajstić information content (AvgIpc) is 2.83. The van der Waals surface area contributed by atoms with Crippen molar-refractivity contribution in [2.24, 2.45) is 0 Å². The van der Waals surface area contributed by atoms with Gasteiger partial charge in [0.25, 0.3) is 5.91 Å². The molecule has 2 rings (SSSR count). The molecule has 0 fully saturated rings. The lowest BCUT2D eigenvalue weighted by molar-refractivity contribution is 0.0660. The lowest BCUT2D eigenvalue weighted by Crippen LogP contribution is -2.12. The smallest absolute Gasteiger partial charge is 0.371 e. The molecule has 0 bridgehead atoms. The van der Waals surface area contributed by atoms with Crippen LogP contribution in [0.25, 0.3) is 0 Å². The average molecular weight is 325 g/mol. The van der Waals surface area contributed by atoms with Crippen LogP contribution in [0, 0.1) is 6.92 Å². The number of carbonyl (C=O) groups is 2. The first-order valence-electron chi connectivity index (χ1n) is 5.24. The fourth-order valence-electron chi connectivity index (χ4n) is 1.36. The number of aryl methyl sites for hydroxylation is 1. The summed E-state index contributed by atoms with van der Waals surface area (Å²) in [6.07, 6.45) is 1.57. The number of nitrogens with one attached hydrogen (secondary N) is 1. The van der Waals surface area contributed by atoms with E-state index in [1.807, 2.05) is 6.92 Å². The van der Waals surface area contributed by atoms with E-state index in [0.717, 1.165) is 10.0 Å². The summed E-state index contributed by atoms with van der Waals surface area (Å²) >= 11 is 3.30. The molecule has 0 aliphatic rings. The van der Waals surface area contributed by atoms with E-state index in [1.165, 1.54) is 12.1 Å². The minimum atomic E-state index is -1.23. The van der Waals surface area contributed by atoms with Crippen molar-refractivity contribution in [2.75, 3.05) is 5.32 Å². The summed E-state index contributed by atoms with van der Waals surface area (Å²) in [5.41, 5.74) is 0.913. The zero-order valence-electron chi connectivity index (χ0n) is 9.81. The summed E-state index contributed by atoms with van der Waals surface area (Å²) in [6, 6.07) is 4.20. The standard InChI is InChI=1S/C12H9BrN2O4/c1-6-4-10(14-5-7(6)13)15-11(16)8-2-3-9(19-8)12(17)18/h2-5H,1H3,(H,17,18)(H,14,15,16). The molecular formula is C12H9BrN2O4. The molecule has 0 radical (unpaired) electrons. The van der Waals surface area contributed by atoms with E-state index >= 15 is 0 Å². The van der Waals surface area contributed by atoms with Crippen LogP contribution in [0.4, 0.5) is 5.82 Å². The highest BCUT2D eigenvalue weighted by molar-refractivity contribution is 9.10. The second-order valence-corrected chi connectivity index (χ2v) is 4.60. The lowest BCUT2D eigenvalue weighted by Gasteiger charge is -2.04. The van der Waals surface area contributed by atoms with Crippen molar-refractivity contribution >= 4 is 33.6 Å². The number of pyridine rings is 1. The number of anilines is 1. The predicted octanol–water partition coefficient (Wildman–Crippen LogP) is 2.70. The number of carboxylic acid groups (broad SMARTS) is 1. The van der Waals surface area contributed by atoms with Crippen LogP contribution in [0.5, 0.6) is 0 Å². The van der Waals surface area contributed by atoms with Crippen LogP contribution in [0.1, 0.15) is 26.7 Å². The number of hydrogen-bond donors (Lipinski definition) is 2. The van der Waals surface area contributed by atoms with Gasteiger partial charge in [-0.25, -0.2) is 9.78 Å². The van der Waals surface area contributed by atoms with Crippen LogP contribution >= 0.6 is 15.9 Å². The topological polar surface area (TPSA) is 92.4 Å². The fraction of sp³-hybridized carbons (Fsp3) is 0.0833. The first kappa shape index (κ1) is 13.3. The quantitative estimate of drug-likeness (QED) is 0.905. The molecule has 0 atom stereocenters. The van der Waals surface area contributed by atoms with E-state index in [1.54, 1.807) is 12.3 Å². The molecule has 0 spiro atoms. The first-order chi connectivity index (χ1) is 8.97. The van der Waals surface area contributed by atoms with E-state index in [9.17, 15) is 9.59 Å². The number of hydrogen-bond acceptors (Lipinski definition) is 4. The van der Waals surface area contributed by atoms with Crippen molar-refractivity contribution in [3.63, 3.8) is 0 Å². The predicted molar refractivity (Wildman–Crippen MR) is 70.3 cm³/mol. The van der Waals surface area contributed by atoms with Gasteiger partial charge in [-0.15, -0.1) is 0 Å². The summed E-state index contributed by atoms with van der Waals surface area (Å²) in [4.78, 5) is 26.4. The maximum absolute atomic E-state index is 11.8. The molecule has 7 heteroatoms. The van der Waals surface area contributed by atoms with Gasteiger partial charge >= 0.3 is 5.97 Å². The van der Waals surface area contributed by atoms with Gasteiger partial charge in [0.15, 0.2) is 5.76 Å². The molecule has 19 heavy (non-hydrogen) atoms. The van der Waals surface area contributed by atoms with Crippen LogP contribution in [0.15, 0.2) is 33.3 Å². The Morgan fingerprint density at radius 1 is 1.37 bits per heavy atom. The third kappa shape index (κ3) is 3.00. The van der Waals surface area contributed by atoms with Crippen LogP contribution in [-0.4, -0.2) is 22.0 Å². The molecular weight excluding hydrogens is 316 g/mol. The Hall–Kier alpha value is -2.15. The fourth-order valence-corrected chi connectivity index (χ4v) is 1.58. The van der Waals surface area contributed by atoms with Crippen LogP contribution in [0.3, 0.4) is 0 Å². The zero-order chi connectivity index (χ0) is 14.0. The molecule has 0 saturated carbocycles. The Morgan fingerprint density at radius 2 is 2.05 bits per heavy atom. The van der Waals surface area contributed by atoms with Gasteiger partial charge in [-0.05, 0) is 46.6 Å². The highest BCUT2D eigenvalue weighted by Gasteiger charge is 2.15. The third-order valence-corrected chi connectivity index (χ3v) is 3.16. The van der Waals surface area contributed by atoms with Gasteiger partial charge < -0.3 is 14.8 Å². The number of halogens is 1. The van der Waals surface area contributed by atoms with Gasteiger partial charge in [-0.3, -0.25) is 4.79 Å². The second kappa shape index (κ2) is 5.23. The molecule has 2 heterocycles. The van der Waals surface area contributed by atoms with E-state index in [4.69, 9.17) is 9.52 Å². The van der Waals surface area contributed by atoms with Gasteiger partial charge in [0.05, 0.1) is 0 Å². The number of nitrogens with zero attached hydrogens (tertiary/aromatic N) is 1. The number of amides is 1. The second-order valence-electron chi connectivity index (χ2n) is 3.74. The van der Waals surface area contributed by atoms with Crippen molar-refractivity contribution in [1.29, 1.82) is 0 Å². The molecule has 0 aromatic carbocycles. The van der Waals surface area contributed by atoms with Crippen molar-refractivity contribution in [3.8, 4) is 0 Å².